The molecule has 0 aliphatic heterocycles. The lowest BCUT2D eigenvalue weighted by atomic mass is 10.2. The van der Waals surface area contributed by atoms with E-state index in [2.05, 4.69) is 37.4 Å². The van der Waals surface area contributed by atoms with Gasteiger partial charge >= 0.3 is 0 Å². The third-order valence-electron chi connectivity index (χ3n) is 3.29. The summed E-state index contributed by atoms with van der Waals surface area (Å²) in [6.45, 7) is 6.82. The second kappa shape index (κ2) is 9.60. The van der Waals surface area contributed by atoms with E-state index in [4.69, 9.17) is 9.72 Å². The first kappa shape index (κ1) is 17.8. The van der Waals surface area contributed by atoms with E-state index in [-0.39, 0.29) is 0 Å². The molecule has 1 aromatic heterocycles. The van der Waals surface area contributed by atoms with Crippen LogP contribution in [0.25, 0.3) is 0 Å². The lowest BCUT2D eigenvalue weighted by molar-refractivity contribution is 0.181. The van der Waals surface area contributed by atoms with Gasteiger partial charge in [0.2, 0.25) is 0 Å². The summed E-state index contributed by atoms with van der Waals surface area (Å²) in [6.07, 6.45) is 3.33. The molecule has 0 aliphatic carbocycles. The standard InChI is InChI=1S/C14H27N3OS2/c1-6-15-9-13-12(10-18-4)16-14(20-13)17(3)11(2)7-8-19-5/h11,15H,6-10H2,1-5H3. The Bertz CT molecular complexity index is 384. The molecule has 0 aromatic carbocycles. The van der Waals surface area contributed by atoms with Crippen LogP contribution >= 0.6 is 23.1 Å². The normalized spacial score (nSPS) is 12.7. The molecule has 116 valence electrons. The van der Waals surface area contributed by atoms with Crippen LogP contribution in [-0.4, -0.2) is 43.7 Å². The molecule has 0 amide bonds. The summed E-state index contributed by atoms with van der Waals surface area (Å²) >= 11 is 3.67. The summed E-state index contributed by atoms with van der Waals surface area (Å²) in [5, 5.41) is 4.47. The molecule has 20 heavy (non-hydrogen) atoms. The molecule has 1 aromatic rings. The number of methoxy groups -OCH3 is 1. The molecule has 0 spiro atoms. The topological polar surface area (TPSA) is 37.4 Å². The maximum absolute atomic E-state index is 5.26. The van der Waals surface area contributed by atoms with Gasteiger partial charge in [-0.1, -0.05) is 6.92 Å². The third-order valence-corrected chi connectivity index (χ3v) is 5.12. The van der Waals surface area contributed by atoms with Crippen molar-refractivity contribution in [2.24, 2.45) is 0 Å². The molecule has 0 saturated carbocycles. The minimum absolute atomic E-state index is 0.510. The number of thiazole rings is 1. The van der Waals surface area contributed by atoms with Crippen molar-refractivity contribution in [3.05, 3.63) is 10.6 Å². The van der Waals surface area contributed by atoms with Gasteiger partial charge in [-0.2, -0.15) is 11.8 Å². The average Bonchev–Trinajstić information content (AvgIpc) is 2.85. The quantitative estimate of drug-likeness (QED) is 0.718. The molecule has 0 saturated heterocycles. The zero-order valence-corrected chi connectivity index (χ0v) is 14.9. The van der Waals surface area contributed by atoms with Crippen molar-refractivity contribution in [2.45, 2.75) is 39.5 Å². The van der Waals surface area contributed by atoms with Gasteiger partial charge in [0.1, 0.15) is 0 Å². The van der Waals surface area contributed by atoms with Crippen LogP contribution < -0.4 is 10.2 Å². The molecule has 1 rings (SSSR count). The zero-order chi connectivity index (χ0) is 15.0. The van der Waals surface area contributed by atoms with E-state index in [1.165, 1.54) is 17.1 Å². The Morgan fingerprint density at radius 2 is 2.25 bits per heavy atom. The van der Waals surface area contributed by atoms with E-state index < -0.39 is 0 Å². The SMILES string of the molecule is CCNCc1sc(N(C)C(C)CCSC)nc1COC. The zero-order valence-electron chi connectivity index (χ0n) is 13.2. The van der Waals surface area contributed by atoms with Gasteiger partial charge in [-0.3, -0.25) is 0 Å². The van der Waals surface area contributed by atoms with Crippen molar-refractivity contribution in [1.29, 1.82) is 0 Å². The molecule has 1 N–H and O–H groups in total. The fraction of sp³-hybridized carbons (Fsp3) is 0.786. The summed E-state index contributed by atoms with van der Waals surface area (Å²) in [5.41, 5.74) is 1.07. The van der Waals surface area contributed by atoms with E-state index >= 15 is 0 Å². The average molecular weight is 318 g/mol. The van der Waals surface area contributed by atoms with Crippen molar-refractivity contribution >= 4 is 28.2 Å². The van der Waals surface area contributed by atoms with Gasteiger partial charge in [-0.05, 0) is 31.9 Å². The van der Waals surface area contributed by atoms with E-state index in [0.717, 1.165) is 23.9 Å². The Kier molecular flexibility index (Phi) is 8.52. The predicted octanol–water partition coefficient (Wildman–Crippen LogP) is 2.98. The highest BCUT2D eigenvalue weighted by Gasteiger charge is 2.17. The first-order valence-corrected chi connectivity index (χ1v) is 9.25. The number of thioether (sulfide) groups is 1. The Labute approximate surface area is 131 Å². The molecular formula is C14H27N3OS2. The minimum atomic E-state index is 0.510. The number of anilines is 1. The monoisotopic (exact) mass is 317 g/mol. The number of rotatable bonds is 10. The highest BCUT2D eigenvalue weighted by molar-refractivity contribution is 7.98. The van der Waals surface area contributed by atoms with Crippen LogP contribution in [0.5, 0.6) is 0 Å². The van der Waals surface area contributed by atoms with E-state index in [1.54, 1.807) is 18.4 Å². The Balaban J connectivity index is 2.77. The van der Waals surface area contributed by atoms with Gasteiger partial charge < -0.3 is 15.0 Å². The highest BCUT2D eigenvalue weighted by atomic mass is 32.2. The van der Waals surface area contributed by atoms with Crippen LogP contribution in [-0.2, 0) is 17.9 Å². The number of ether oxygens (including phenoxy) is 1. The van der Waals surface area contributed by atoms with Crippen molar-refractivity contribution < 1.29 is 4.74 Å². The largest absolute Gasteiger partial charge is 0.378 e. The number of hydrogen-bond acceptors (Lipinski definition) is 6. The van der Waals surface area contributed by atoms with E-state index in [0.29, 0.717) is 12.6 Å². The number of nitrogens with one attached hydrogen (secondary N) is 1. The predicted molar refractivity (Wildman–Crippen MR) is 91.1 cm³/mol. The maximum atomic E-state index is 5.26. The highest BCUT2D eigenvalue weighted by Crippen LogP contribution is 2.28. The molecule has 6 heteroatoms. The van der Waals surface area contributed by atoms with Crippen LogP contribution in [0.3, 0.4) is 0 Å². The van der Waals surface area contributed by atoms with Gasteiger partial charge in [0, 0.05) is 31.6 Å². The van der Waals surface area contributed by atoms with Gasteiger partial charge in [-0.15, -0.1) is 11.3 Å². The summed E-state index contributed by atoms with van der Waals surface area (Å²) < 4.78 is 5.26. The maximum Gasteiger partial charge on any atom is 0.185 e. The number of hydrogen-bond donors (Lipinski definition) is 1. The van der Waals surface area contributed by atoms with Gasteiger partial charge in [0.05, 0.1) is 12.3 Å². The summed E-state index contributed by atoms with van der Waals surface area (Å²) in [5.74, 6) is 1.19. The van der Waals surface area contributed by atoms with Crippen molar-refractivity contribution in [3.8, 4) is 0 Å². The molecule has 0 bridgehead atoms. The van der Waals surface area contributed by atoms with Gasteiger partial charge in [0.25, 0.3) is 0 Å². The molecular weight excluding hydrogens is 290 g/mol. The molecule has 0 aliphatic rings. The second-order valence-electron chi connectivity index (χ2n) is 4.82. The van der Waals surface area contributed by atoms with Crippen molar-refractivity contribution in [1.82, 2.24) is 10.3 Å². The van der Waals surface area contributed by atoms with Crippen LogP contribution in [0, 0.1) is 0 Å². The molecule has 1 unspecified atom stereocenters. The van der Waals surface area contributed by atoms with Crippen LogP contribution in [0.4, 0.5) is 5.13 Å². The van der Waals surface area contributed by atoms with E-state index in [9.17, 15) is 0 Å². The molecule has 0 fully saturated rings. The first-order valence-electron chi connectivity index (χ1n) is 7.04. The third kappa shape index (κ3) is 5.24. The van der Waals surface area contributed by atoms with Gasteiger partial charge in [-0.25, -0.2) is 4.98 Å². The Hall–Kier alpha value is -0.300. The van der Waals surface area contributed by atoms with Crippen LogP contribution in [0.2, 0.25) is 0 Å². The lowest BCUT2D eigenvalue weighted by Gasteiger charge is -2.23. The van der Waals surface area contributed by atoms with E-state index in [1.807, 2.05) is 11.8 Å². The van der Waals surface area contributed by atoms with Crippen LogP contribution in [0.15, 0.2) is 0 Å². The minimum Gasteiger partial charge on any atom is -0.378 e. The number of nitrogens with zero attached hydrogens (tertiary/aromatic N) is 2. The summed E-state index contributed by atoms with van der Waals surface area (Å²) in [7, 11) is 3.86. The fourth-order valence-corrected chi connectivity index (χ4v) is 3.49. The number of aromatic nitrogens is 1. The smallest absolute Gasteiger partial charge is 0.185 e. The summed E-state index contributed by atoms with van der Waals surface area (Å²) in [6, 6.07) is 0.510. The summed E-state index contributed by atoms with van der Waals surface area (Å²) in [4.78, 5) is 8.33. The van der Waals surface area contributed by atoms with Gasteiger partial charge in [0.15, 0.2) is 5.13 Å². The van der Waals surface area contributed by atoms with Crippen molar-refractivity contribution in [3.63, 3.8) is 0 Å². The Morgan fingerprint density at radius 1 is 1.50 bits per heavy atom. The Morgan fingerprint density at radius 3 is 2.85 bits per heavy atom. The molecule has 4 nitrogen and oxygen atoms in total. The second-order valence-corrected chi connectivity index (χ2v) is 6.87. The first-order chi connectivity index (χ1) is 9.63. The van der Waals surface area contributed by atoms with Crippen LogP contribution in [0.1, 0.15) is 30.8 Å². The molecule has 0 radical (unpaired) electrons. The van der Waals surface area contributed by atoms with Crippen molar-refractivity contribution in [2.75, 3.05) is 37.6 Å². The molecule has 1 atom stereocenters. The fourth-order valence-electron chi connectivity index (χ4n) is 1.82. The lowest BCUT2D eigenvalue weighted by Crippen LogP contribution is -2.29. The molecule has 1 heterocycles.